The van der Waals surface area contributed by atoms with E-state index in [4.69, 9.17) is 14.2 Å². The molecule has 3 aromatic carbocycles. The zero-order valence-corrected chi connectivity index (χ0v) is 32.1. The van der Waals surface area contributed by atoms with Gasteiger partial charge in [-0.3, -0.25) is 9.80 Å². The Morgan fingerprint density at radius 1 is 0.964 bits per heavy atom. The average Bonchev–Trinajstić information content (AvgIpc) is 3.56. The topological polar surface area (TPSA) is 103 Å². The Morgan fingerprint density at radius 2 is 1.75 bits per heavy atom. The molecule has 11 heteroatoms. The second-order valence-electron chi connectivity index (χ2n) is 15.8. The number of hydrogen-bond acceptors (Lipinski definition) is 8. The Bertz CT molecular complexity index is 2170. The van der Waals surface area contributed by atoms with Crippen LogP contribution in [0.15, 0.2) is 79.1 Å². The number of ether oxygens (including phenoxy) is 3. The molecule has 1 unspecified atom stereocenters. The molecule has 10 nitrogen and oxygen atoms in total. The van der Waals surface area contributed by atoms with Crippen LogP contribution in [0.25, 0.3) is 11.0 Å². The quantitative estimate of drug-likeness (QED) is 0.138. The van der Waals surface area contributed by atoms with Gasteiger partial charge >= 0.3 is 5.97 Å². The lowest BCUT2D eigenvalue weighted by Gasteiger charge is -2.58. The van der Waals surface area contributed by atoms with Crippen LogP contribution in [0.1, 0.15) is 78.5 Å². The van der Waals surface area contributed by atoms with Crippen molar-refractivity contribution in [1.29, 1.82) is 0 Å². The molecule has 2 saturated heterocycles. The van der Waals surface area contributed by atoms with Crippen LogP contribution in [-0.4, -0.2) is 83.8 Å². The number of benzene rings is 3. The minimum Gasteiger partial charge on any atom is -0.493 e. The van der Waals surface area contributed by atoms with Crippen molar-refractivity contribution in [2.45, 2.75) is 64.1 Å². The van der Waals surface area contributed by atoms with Gasteiger partial charge in [-0.05, 0) is 84.0 Å². The van der Waals surface area contributed by atoms with E-state index in [9.17, 15) is 14.3 Å². The number of hydrogen-bond donors (Lipinski definition) is 2. The Morgan fingerprint density at radius 3 is 2.49 bits per heavy atom. The number of methoxy groups -OCH3 is 2. The van der Waals surface area contributed by atoms with Gasteiger partial charge in [-0.15, -0.1) is 0 Å². The highest BCUT2D eigenvalue weighted by Crippen LogP contribution is 2.53. The number of halogens is 1. The Balaban J connectivity index is 0.951. The first-order valence-corrected chi connectivity index (χ1v) is 19.3. The van der Waals surface area contributed by atoms with Crippen LogP contribution in [0.5, 0.6) is 23.0 Å². The number of nitrogens with one attached hydrogen (secondary N) is 1. The van der Waals surface area contributed by atoms with E-state index in [1.54, 1.807) is 26.4 Å². The molecule has 2 aliphatic heterocycles. The van der Waals surface area contributed by atoms with Crippen LogP contribution in [0, 0.1) is 11.2 Å². The number of pyridine rings is 1. The summed E-state index contributed by atoms with van der Waals surface area (Å²) >= 11 is 0. The first-order chi connectivity index (χ1) is 26.6. The highest BCUT2D eigenvalue weighted by Gasteiger charge is 2.50. The highest BCUT2D eigenvalue weighted by atomic mass is 19.1. The fraction of sp³-hybridized carbons (Fsp3) is 0.409. The molecule has 3 aliphatic rings. The fourth-order valence-electron chi connectivity index (χ4n) is 9.21. The van der Waals surface area contributed by atoms with Crippen molar-refractivity contribution in [3.05, 3.63) is 107 Å². The van der Waals surface area contributed by atoms with Gasteiger partial charge in [0.1, 0.15) is 28.5 Å². The standard InChI is InChI=1S/C44H50FN5O5/c1-28(2)33-7-5-6-8-34(33)38-27-48(26-29-9-12-39(53-3)41(19-29)54-4)17-18-50(38)31-22-44(23-31)13-15-49(16-14-44)30-10-11-35(43(51)52)40(20-30)55-32-21-36-37(45)25-47-42(36)46-24-32/h5-12,19-21,24-25,28,31,38H,13-18,22-23,26-27H2,1-4H3,(H,46,47)(H,51,52). The fourth-order valence-corrected chi connectivity index (χ4v) is 9.21. The predicted molar refractivity (Wildman–Crippen MR) is 211 cm³/mol. The van der Waals surface area contributed by atoms with Gasteiger partial charge in [0.15, 0.2) is 11.5 Å². The SMILES string of the molecule is COc1ccc(CN2CCN(C3CC4(CCN(c5ccc(C(=O)O)c(Oc6cnc7[nH]cc(F)c7c6)c5)CC4)C3)C(c3ccccc3C(C)C)C2)cc1OC. The van der Waals surface area contributed by atoms with Gasteiger partial charge in [0.25, 0.3) is 0 Å². The maximum atomic E-state index is 14.2. The molecular weight excluding hydrogens is 698 g/mol. The minimum absolute atomic E-state index is 0.0473. The number of fused-ring (bicyclic) bond motifs is 1. The molecule has 4 heterocycles. The van der Waals surface area contributed by atoms with Crippen molar-refractivity contribution in [2.75, 3.05) is 51.8 Å². The molecular formula is C44H50FN5O5. The van der Waals surface area contributed by atoms with E-state index >= 15 is 0 Å². The summed E-state index contributed by atoms with van der Waals surface area (Å²) in [7, 11) is 3.36. The third kappa shape index (κ3) is 7.35. The number of aromatic nitrogens is 2. The molecule has 1 atom stereocenters. The van der Waals surface area contributed by atoms with Crippen molar-refractivity contribution >= 4 is 22.7 Å². The lowest BCUT2D eigenvalue weighted by molar-refractivity contribution is -0.0628. The number of carboxylic acid groups (broad SMARTS) is 1. The van der Waals surface area contributed by atoms with Crippen LogP contribution >= 0.6 is 0 Å². The molecule has 8 rings (SSSR count). The number of piperazine rings is 1. The Labute approximate surface area is 321 Å². The van der Waals surface area contributed by atoms with Crippen LogP contribution in [0.2, 0.25) is 0 Å². The van der Waals surface area contributed by atoms with E-state index in [2.05, 4.69) is 74.9 Å². The largest absolute Gasteiger partial charge is 0.493 e. The van der Waals surface area contributed by atoms with Crippen LogP contribution in [0.4, 0.5) is 10.1 Å². The Hall–Kier alpha value is -5.13. The van der Waals surface area contributed by atoms with E-state index < -0.39 is 11.8 Å². The summed E-state index contributed by atoms with van der Waals surface area (Å²) in [6, 6.07) is 22.9. The number of piperidine rings is 1. The lowest BCUT2D eigenvalue weighted by atomic mass is 9.59. The third-order valence-corrected chi connectivity index (χ3v) is 12.2. The van der Waals surface area contributed by atoms with E-state index in [0.717, 1.165) is 69.3 Å². The van der Waals surface area contributed by atoms with Gasteiger partial charge in [-0.25, -0.2) is 14.2 Å². The van der Waals surface area contributed by atoms with Gasteiger partial charge in [0.05, 0.1) is 25.8 Å². The number of anilines is 1. The molecule has 1 spiro atoms. The van der Waals surface area contributed by atoms with Crippen LogP contribution in [0.3, 0.4) is 0 Å². The van der Waals surface area contributed by atoms with Crippen molar-refractivity contribution < 1.29 is 28.5 Å². The summed E-state index contributed by atoms with van der Waals surface area (Å²) in [5.74, 6) is 0.914. The van der Waals surface area contributed by atoms with Crippen molar-refractivity contribution in [3.8, 4) is 23.0 Å². The number of aromatic amines is 1. The summed E-state index contributed by atoms with van der Waals surface area (Å²) in [6.07, 6.45) is 7.26. The molecule has 1 aliphatic carbocycles. The molecule has 2 aromatic heterocycles. The van der Waals surface area contributed by atoms with Gasteiger partial charge < -0.3 is 29.2 Å². The minimum atomic E-state index is -1.09. The molecule has 2 N–H and O–H groups in total. The van der Waals surface area contributed by atoms with Crippen molar-refractivity contribution in [1.82, 2.24) is 19.8 Å². The zero-order chi connectivity index (χ0) is 38.3. The van der Waals surface area contributed by atoms with E-state index in [1.165, 1.54) is 48.0 Å². The Kier molecular flexibility index (Phi) is 10.2. The predicted octanol–water partition coefficient (Wildman–Crippen LogP) is 8.64. The maximum absolute atomic E-state index is 14.2. The number of carbonyl (C=O) groups is 1. The first-order valence-electron chi connectivity index (χ1n) is 19.3. The van der Waals surface area contributed by atoms with Crippen molar-refractivity contribution in [2.24, 2.45) is 5.41 Å². The van der Waals surface area contributed by atoms with E-state index in [-0.39, 0.29) is 22.4 Å². The molecule has 0 amide bonds. The molecule has 55 heavy (non-hydrogen) atoms. The molecule has 0 radical (unpaired) electrons. The van der Waals surface area contributed by atoms with Gasteiger partial charge in [0.2, 0.25) is 0 Å². The number of carboxylic acids is 1. The van der Waals surface area contributed by atoms with Gasteiger partial charge in [-0.1, -0.05) is 44.2 Å². The lowest BCUT2D eigenvalue weighted by Crippen LogP contribution is -2.60. The first kappa shape index (κ1) is 36.8. The monoisotopic (exact) mass is 747 g/mol. The number of H-pyrrole nitrogens is 1. The third-order valence-electron chi connectivity index (χ3n) is 12.2. The van der Waals surface area contributed by atoms with Gasteiger partial charge in [-0.2, -0.15) is 0 Å². The maximum Gasteiger partial charge on any atom is 0.339 e. The highest BCUT2D eigenvalue weighted by molar-refractivity contribution is 5.92. The summed E-state index contributed by atoms with van der Waals surface area (Å²) in [5.41, 5.74) is 5.78. The molecule has 0 bridgehead atoms. The van der Waals surface area contributed by atoms with E-state index in [0.29, 0.717) is 29.1 Å². The van der Waals surface area contributed by atoms with Crippen LogP contribution < -0.4 is 19.1 Å². The number of nitrogens with zero attached hydrogens (tertiary/aromatic N) is 4. The molecule has 288 valence electrons. The van der Waals surface area contributed by atoms with Crippen LogP contribution in [-0.2, 0) is 6.54 Å². The average molecular weight is 748 g/mol. The smallest absolute Gasteiger partial charge is 0.339 e. The summed E-state index contributed by atoms with van der Waals surface area (Å²) in [5, 5.41) is 10.2. The van der Waals surface area contributed by atoms with Gasteiger partial charge in [0, 0.05) is 69.3 Å². The normalized spacial score (nSPS) is 19.2. The summed E-state index contributed by atoms with van der Waals surface area (Å²) in [4.78, 5) is 26.9. The van der Waals surface area contributed by atoms with E-state index in [1.807, 2.05) is 12.1 Å². The second kappa shape index (κ2) is 15.2. The summed E-state index contributed by atoms with van der Waals surface area (Å²) in [6.45, 7) is 10.2. The number of rotatable bonds is 11. The zero-order valence-electron chi connectivity index (χ0n) is 32.1. The molecule has 1 saturated carbocycles. The summed E-state index contributed by atoms with van der Waals surface area (Å²) < 4.78 is 31.4. The second-order valence-corrected chi connectivity index (χ2v) is 15.8. The van der Waals surface area contributed by atoms with Crippen molar-refractivity contribution in [3.63, 3.8) is 0 Å². The molecule has 3 fully saturated rings. The molecule has 5 aromatic rings. The number of aromatic carboxylic acids is 1.